The number of amidine groups is 2. The second-order valence-corrected chi connectivity index (χ2v) is 8.45. The van der Waals surface area contributed by atoms with Gasteiger partial charge in [0, 0.05) is 29.4 Å². The highest BCUT2D eigenvalue weighted by Crippen LogP contribution is 2.42. The molecule has 0 spiro atoms. The number of aliphatic imine (C=N–C) groups is 1. The maximum atomic E-state index is 11.6. The first-order chi connectivity index (χ1) is 17.5. The lowest BCUT2D eigenvalue weighted by Gasteiger charge is -2.09. The molecule has 0 radical (unpaired) electrons. The molecule has 1 aliphatic rings. The molecule has 0 unspecified atom stereocenters. The quantitative estimate of drug-likeness (QED) is 0.0952. The number of hydrogen-bond acceptors (Lipinski definition) is 6. The topological polar surface area (TPSA) is 122 Å². The molecule has 3 aromatic carbocycles. The van der Waals surface area contributed by atoms with Gasteiger partial charge in [-0.25, -0.2) is 4.99 Å². The van der Waals surface area contributed by atoms with Gasteiger partial charge in [0.15, 0.2) is 11.0 Å². The van der Waals surface area contributed by atoms with Gasteiger partial charge >= 0.3 is 6.36 Å². The Hall–Kier alpha value is -4.12. The lowest BCUT2D eigenvalue weighted by Crippen LogP contribution is -2.16. The van der Waals surface area contributed by atoms with Gasteiger partial charge in [0.1, 0.15) is 5.75 Å². The number of alkyl halides is 3. The minimum atomic E-state index is -4.64. The smallest absolute Gasteiger partial charge is 0.406 e. The van der Waals surface area contributed by atoms with E-state index < -0.39 is 6.36 Å². The zero-order valence-corrected chi connectivity index (χ0v) is 21.1. The summed E-state index contributed by atoms with van der Waals surface area (Å²) in [5.41, 5.74) is 11.0. The molecule has 0 aliphatic carbocycles. The summed E-state index contributed by atoms with van der Waals surface area (Å²) in [7, 11) is 0. The summed E-state index contributed by atoms with van der Waals surface area (Å²) in [5.74, 6) is -0.108. The average Bonchev–Trinajstić information content (AvgIpc) is 3.60. The van der Waals surface area contributed by atoms with Crippen molar-refractivity contribution in [3.05, 3.63) is 89.0 Å². The van der Waals surface area contributed by atoms with Gasteiger partial charge in [0.05, 0.1) is 5.69 Å². The summed E-state index contributed by atoms with van der Waals surface area (Å²) in [6.07, 6.45) is -2.35. The molecule has 0 saturated carbocycles. The number of benzene rings is 3. The molecule has 194 valence electrons. The third kappa shape index (κ3) is 9.45. The average molecular weight is 529 g/mol. The number of anilines is 2. The SMILES string of the molecule is C=NC(=N)c1ccc(C=N)cc1.CCc1cccc(C)c1N1SC1=N.Nc1ccc(OC(F)(F)F)cc1. The van der Waals surface area contributed by atoms with Crippen LogP contribution in [-0.4, -0.2) is 30.3 Å². The minimum absolute atomic E-state index is 0.159. The highest BCUT2D eigenvalue weighted by Gasteiger charge is 2.32. The molecule has 0 amide bonds. The standard InChI is InChI=1S/C10H12N2S.C9H9N3.C7H6F3NO/c1-3-8-6-4-5-7(2)9(8)12-10(11)13-12;1-12-9(11)8-4-2-7(6-10)3-5-8;8-7(9,10)12-6-3-1-5(11)2-4-6/h4-6,11H,3H2,1-2H3;2-6,10-11H,1H2;1-4H,11H2. The second kappa shape index (κ2) is 13.3. The largest absolute Gasteiger partial charge is 0.573 e. The van der Waals surface area contributed by atoms with Crippen molar-refractivity contribution >= 4 is 47.3 Å². The fraction of sp³-hybridized carbons (Fsp3) is 0.154. The second-order valence-electron chi connectivity index (χ2n) is 7.52. The molecule has 37 heavy (non-hydrogen) atoms. The van der Waals surface area contributed by atoms with Crippen molar-refractivity contribution in [1.29, 1.82) is 16.2 Å². The predicted molar refractivity (Wildman–Crippen MR) is 147 cm³/mol. The first-order valence-corrected chi connectivity index (χ1v) is 11.7. The van der Waals surface area contributed by atoms with E-state index in [2.05, 4.69) is 48.5 Å². The van der Waals surface area contributed by atoms with E-state index in [1.165, 1.54) is 47.1 Å². The number of aryl methyl sites for hydroxylation is 2. The Balaban J connectivity index is 0.000000195. The number of rotatable bonds is 5. The van der Waals surface area contributed by atoms with Crippen molar-refractivity contribution in [3.63, 3.8) is 0 Å². The van der Waals surface area contributed by atoms with E-state index in [9.17, 15) is 13.2 Å². The van der Waals surface area contributed by atoms with E-state index in [0.29, 0.717) is 10.9 Å². The number of nitrogens with one attached hydrogen (secondary N) is 3. The molecule has 3 aromatic rings. The Morgan fingerprint density at radius 1 is 1.11 bits per heavy atom. The van der Waals surface area contributed by atoms with E-state index in [0.717, 1.165) is 29.7 Å². The van der Waals surface area contributed by atoms with Gasteiger partial charge in [0.2, 0.25) is 0 Å². The minimum Gasteiger partial charge on any atom is -0.406 e. The van der Waals surface area contributed by atoms with Gasteiger partial charge in [0.25, 0.3) is 0 Å². The molecule has 7 nitrogen and oxygen atoms in total. The van der Waals surface area contributed by atoms with Crippen LogP contribution in [0.4, 0.5) is 24.5 Å². The van der Waals surface area contributed by atoms with Gasteiger partial charge in [-0.1, -0.05) is 49.4 Å². The van der Waals surface area contributed by atoms with Crippen LogP contribution >= 0.6 is 11.9 Å². The number of nitrogens with two attached hydrogens (primary N) is 1. The summed E-state index contributed by atoms with van der Waals surface area (Å²) in [6.45, 7) is 7.51. The molecule has 0 bridgehead atoms. The third-order valence-electron chi connectivity index (χ3n) is 4.86. The summed E-state index contributed by atoms with van der Waals surface area (Å²) in [4.78, 5) is 3.49. The van der Waals surface area contributed by atoms with E-state index in [1.54, 1.807) is 24.3 Å². The summed E-state index contributed by atoms with van der Waals surface area (Å²) in [6, 6.07) is 18.3. The van der Waals surface area contributed by atoms with Crippen LogP contribution in [0.15, 0.2) is 71.7 Å². The van der Waals surface area contributed by atoms with E-state index in [4.69, 9.17) is 22.0 Å². The number of halogens is 3. The highest BCUT2D eigenvalue weighted by molar-refractivity contribution is 8.26. The molecular formula is C26H27F3N6OS. The summed E-state index contributed by atoms with van der Waals surface area (Å²) >= 11 is 1.50. The number of nitrogens with zero attached hydrogens (tertiary/aromatic N) is 2. The lowest BCUT2D eigenvalue weighted by molar-refractivity contribution is -0.274. The van der Waals surface area contributed by atoms with Crippen molar-refractivity contribution in [2.24, 2.45) is 4.99 Å². The predicted octanol–water partition coefficient (Wildman–Crippen LogP) is 6.84. The Bertz CT molecular complexity index is 1240. The van der Waals surface area contributed by atoms with E-state index in [-0.39, 0.29) is 11.6 Å². The van der Waals surface area contributed by atoms with Crippen LogP contribution < -0.4 is 14.8 Å². The van der Waals surface area contributed by atoms with Crippen molar-refractivity contribution in [1.82, 2.24) is 0 Å². The van der Waals surface area contributed by atoms with Gasteiger partial charge in [-0.3, -0.25) is 15.1 Å². The zero-order valence-electron chi connectivity index (χ0n) is 20.3. The molecular weight excluding hydrogens is 501 g/mol. The lowest BCUT2D eigenvalue weighted by atomic mass is 10.1. The van der Waals surface area contributed by atoms with Gasteiger partial charge < -0.3 is 15.9 Å². The molecule has 1 heterocycles. The molecule has 11 heteroatoms. The molecule has 4 rings (SSSR count). The fourth-order valence-electron chi connectivity index (χ4n) is 3.01. The maximum absolute atomic E-state index is 11.6. The molecule has 0 aromatic heterocycles. The van der Waals surface area contributed by atoms with Gasteiger partial charge in [-0.15, -0.1) is 13.2 Å². The van der Waals surface area contributed by atoms with Crippen LogP contribution in [0, 0.1) is 23.2 Å². The number of ether oxygens (including phenoxy) is 1. The van der Waals surface area contributed by atoms with Crippen LogP contribution in [0.25, 0.3) is 0 Å². The molecule has 1 fully saturated rings. The van der Waals surface area contributed by atoms with Crippen LogP contribution in [0.2, 0.25) is 0 Å². The maximum Gasteiger partial charge on any atom is 0.573 e. The summed E-state index contributed by atoms with van der Waals surface area (Å²) < 4.78 is 40.3. The zero-order chi connectivity index (χ0) is 27.6. The van der Waals surface area contributed by atoms with Crippen molar-refractivity contribution < 1.29 is 17.9 Å². The van der Waals surface area contributed by atoms with Crippen LogP contribution in [-0.2, 0) is 6.42 Å². The number of nitrogen functional groups attached to an aromatic ring is 1. The van der Waals surface area contributed by atoms with Crippen LogP contribution in [0.1, 0.15) is 29.2 Å². The highest BCUT2D eigenvalue weighted by atomic mass is 32.2. The first-order valence-electron chi connectivity index (χ1n) is 10.9. The fourth-order valence-corrected chi connectivity index (χ4v) is 3.58. The van der Waals surface area contributed by atoms with Crippen molar-refractivity contribution in [3.8, 4) is 5.75 Å². The Labute approximate surface area is 217 Å². The Kier molecular flexibility index (Phi) is 10.4. The monoisotopic (exact) mass is 528 g/mol. The summed E-state index contributed by atoms with van der Waals surface area (Å²) in [5, 5.41) is 22.4. The van der Waals surface area contributed by atoms with Crippen molar-refractivity contribution in [2.75, 3.05) is 10.0 Å². The van der Waals surface area contributed by atoms with Crippen LogP contribution in [0.5, 0.6) is 5.75 Å². The normalized spacial score (nSPS) is 11.8. The van der Waals surface area contributed by atoms with Gasteiger partial charge in [-0.05, 0) is 61.0 Å². The van der Waals surface area contributed by atoms with Crippen molar-refractivity contribution in [2.45, 2.75) is 26.6 Å². The molecule has 5 N–H and O–H groups in total. The Morgan fingerprint density at radius 3 is 2.16 bits per heavy atom. The molecule has 1 aliphatic heterocycles. The number of para-hydroxylation sites is 1. The van der Waals surface area contributed by atoms with Gasteiger partial charge in [-0.2, -0.15) is 0 Å². The molecule has 0 atom stereocenters. The first kappa shape index (κ1) is 29.1. The third-order valence-corrected chi connectivity index (χ3v) is 5.59. The van der Waals surface area contributed by atoms with Crippen LogP contribution in [0.3, 0.4) is 0 Å². The molecule has 1 saturated heterocycles. The van der Waals surface area contributed by atoms with E-state index in [1.807, 2.05) is 4.31 Å². The Morgan fingerprint density at radius 2 is 1.70 bits per heavy atom. The number of hydrogen-bond donors (Lipinski definition) is 4. The van der Waals surface area contributed by atoms with E-state index >= 15 is 0 Å².